The van der Waals surface area contributed by atoms with Crippen LogP contribution in [0.2, 0.25) is 0 Å². The number of fused-ring (bicyclic) bond motifs is 1. The fourth-order valence-corrected chi connectivity index (χ4v) is 3.30. The zero-order valence-electron chi connectivity index (χ0n) is 9.67. The van der Waals surface area contributed by atoms with Gasteiger partial charge in [-0.05, 0) is 18.4 Å². The van der Waals surface area contributed by atoms with Crippen LogP contribution >= 0.6 is 23.1 Å². The van der Waals surface area contributed by atoms with Gasteiger partial charge in [-0.15, -0.1) is 11.3 Å². The van der Waals surface area contributed by atoms with E-state index in [1.807, 2.05) is 13.0 Å². The number of hydrogen-bond acceptors (Lipinski definition) is 6. The van der Waals surface area contributed by atoms with Crippen molar-refractivity contribution in [3.8, 4) is 0 Å². The van der Waals surface area contributed by atoms with Crippen LogP contribution in [0.25, 0.3) is 11.2 Å². The number of anilines is 1. The Bertz CT molecular complexity index is 647. The van der Waals surface area contributed by atoms with Gasteiger partial charge in [0, 0.05) is 6.54 Å². The molecule has 0 aliphatic carbocycles. The van der Waals surface area contributed by atoms with Crippen LogP contribution in [0.5, 0.6) is 0 Å². The highest BCUT2D eigenvalue weighted by Gasteiger charge is 2.11. The molecule has 0 aliphatic rings. The molecule has 0 aromatic carbocycles. The molecule has 18 heavy (non-hydrogen) atoms. The molecule has 0 atom stereocenters. The van der Waals surface area contributed by atoms with E-state index >= 15 is 0 Å². The molecule has 92 valence electrons. The highest BCUT2D eigenvalue weighted by molar-refractivity contribution is 8.01. The maximum Gasteiger partial charge on any atom is 0.225 e. The Hall–Kier alpha value is -1.60. The average molecular weight is 277 g/mol. The lowest BCUT2D eigenvalue weighted by atomic mass is 10.5. The predicted molar refractivity (Wildman–Crippen MR) is 74.3 cm³/mol. The van der Waals surface area contributed by atoms with Crippen molar-refractivity contribution >= 4 is 40.2 Å². The molecule has 0 amide bonds. The fraction of sp³-hybridized carbons (Fsp3) is 0.182. The number of H-pyrrole nitrogens is 1. The molecular weight excluding hydrogens is 266 g/mol. The third-order valence-corrected chi connectivity index (χ3v) is 4.31. The van der Waals surface area contributed by atoms with Crippen molar-refractivity contribution in [3.63, 3.8) is 0 Å². The number of imidazole rings is 1. The standard InChI is InChI=1S/C11H11N5S2/c1-2-12-11-15-9-8(13-6-14-9)10(16-11)18-7-4-3-5-17-7/h3-6H,2H2,1H3,(H2,12,13,14,15,16). The van der Waals surface area contributed by atoms with E-state index < -0.39 is 0 Å². The molecule has 2 N–H and O–H groups in total. The van der Waals surface area contributed by atoms with Crippen molar-refractivity contribution in [2.45, 2.75) is 16.2 Å². The predicted octanol–water partition coefficient (Wildman–Crippen LogP) is 3.00. The molecule has 0 aliphatic heterocycles. The number of hydrogen-bond donors (Lipinski definition) is 2. The van der Waals surface area contributed by atoms with E-state index in [9.17, 15) is 0 Å². The van der Waals surface area contributed by atoms with Gasteiger partial charge < -0.3 is 10.3 Å². The molecule has 3 aromatic rings. The molecule has 0 saturated heterocycles. The molecule has 3 heterocycles. The van der Waals surface area contributed by atoms with Gasteiger partial charge in [0.1, 0.15) is 10.5 Å². The molecule has 0 unspecified atom stereocenters. The minimum atomic E-state index is 0.621. The highest BCUT2D eigenvalue weighted by atomic mass is 32.2. The van der Waals surface area contributed by atoms with Gasteiger partial charge in [0.25, 0.3) is 0 Å². The zero-order valence-corrected chi connectivity index (χ0v) is 11.3. The fourth-order valence-electron chi connectivity index (χ4n) is 1.53. The largest absolute Gasteiger partial charge is 0.354 e. The Kier molecular flexibility index (Phi) is 3.16. The van der Waals surface area contributed by atoms with E-state index in [2.05, 4.69) is 36.7 Å². The summed E-state index contributed by atoms with van der Waals surface area (Å²) in [5, 5.41) is 6.08. The molecule has 0 fully saturated rings. The molecule has 0 spiro atoms. The Balaban J connectivity index is 2.04. The second kappa shape index (κ2) is 4.95. The zero-order chi connectivity index (χ0) is 12.4. The summed E-state index contributed by atoms with van der Waals surface area (Å²) < 4.78 is 1.20. The molecule has 0 bridgehead atoms. The summed E-state index contributed by atoms with van der Waals surface area (Å²) in [4.78, 5) is 16.1. The van der Waals surface area contributed by atoms with Gasteiger partial charge in [-0.2, -0.15) is 4.98 Å². The number of aromatic nitrogens is 4. The van der Waals surface area contributed by atoms with E-state index in [-0.39, 0.29) is 0 Å². The first kappa shape index (κ1) is 11.5. The van der Waals surface area contributed by atoms with Gasteiger partial charge in [0.05, 0.1) is 10.5 Å². The van der Waals surface area contributed by atoms with E-state index in [1.54, 1.807) is 29.4 Å². The molecule has 7 heteroatoms. The van der Waals surface area contributed by atoms with Crippen molar-refractivity contribution in [1.82, 2.24) is 19.9 Å². The van der Waals surface area contributed by atoms with Crippen molar-refractivity contribution in [1.29, 1.82) is 0 Å². The van der Waals surface area contributed by atoms with Crippen molar-refractivity contribution in [2.75, 3.05) is 11.9 Å². The molecule has 5 nitrogen and oxygen atoms in total. The van der Waals surface area contributed by atoms with Gasteiger partial charge in [-0.1, -0.05) is 17.8 Å². The third kappa shape index (κ3) is 2.19. The van der Waals surface area contributed by atoms with Gasteiger partial charge >= 0.3 is 0 Å². The van der Waals surface area contributed by atoms with Crippen LogP contribution in [0, 0.1) is 0 Å². The van der Waals surface area contributed by atoms with Crippen LogP contribution in [0.3, 0.4) is 0 Å². The Morgan fingerprint density at radius 1 is 1.44 bits per heavy atom. The van der Waals surface area contributed by atoms with E-state index in [1.165, 1.54) is 4.21 Å². The summed E-state index contributed by atoms with van der Waals surface area (Å²) in [5.41, 5.74) is 1.58. The maximum absolute atomic E-state index is 4.51. The van der Waals surface area contributed by atoms with Crippen LogP contribution < -0.4 is 5.32 Å². The SMILES string of the molecule is CCNc1nc(Sc2cccs2)c2[nH]cnc2n1. The Labute approximate surface area is 112 Å². The highest BCUT2D eigenvalue weighted by Crippen LogP contribution is 2.33. The minimum Gasteiger partial charge on any atom is -0.354 e. The van der Waals surface area contributed by atoms with Crippen molar-refractivity contribution < 1.29 is 0 Å². The second-order valence-corrected chi connectivity index (χ2v) is 5.75. The number of aromatic amines is 1. The summed E-state index contributed by atoms with van der Waals surface area (Å²) in [6.07, 6.45) is 1.65. The van der Waals surface area contributed by atoms with Gasteiger partial charge in [-0.3, -0.25) is 0 Å². The van der Waals surface area contributed by atoms with Crippen LogP contribution in [0.4, 0.5) is 5.95 Å². The molecule has 0 saturated carbocycles. The second-order valence-electron chi connectivity index (χ2n) is 3.52. The van der Waals surface area contributed by atoms with Crippen LogP contribution in [-0.2, 0) is 0 Å². The van der Waals surface area contributed by atoms with Crippen molar-refractivity contribution in [3.05, 3.63) is 23.8 Å². The van der Waals surface area contributed by atoms with E-state index in [0.29, 0.717) is 11.6 Å². The van der Waals surface area contributed by atoms with Crippen LogP contribution in [-0.4, -0.2) is 26.5 Å². The number of rotatable bonds is 4. The third-order valence-electron chi connectivity index (χ3n) is 2.28. The summed E-state index contributed by atoms with van der Waals surface area (Å²) in [5.74, 6) is 0.621. The van der Waals surface area contributed by atoms with Crippen LogP contribution in [0.15, 0.2) is 33.1 Å². The summed E-state index contributed by atoms with van der Waals surface area (Å²) >= 11 is 3.32. The van der Waals surface area contributed by atoms with Crippen LogP contribution in [0.1, 0.15) is 6.92 Å². The molecule has 3 aromatic heterocycles. The lowest BCUT2D eigenvalue weighted by Crippen LogP contribution is -2.03. The molecule has 3 rings (SSSR count). The summed E-state index contributed by atoms with van der Waals surface area (Å²) in [6.45, 7) is 2.81. The quantitative estimate of drug-likeness (QED) is 0.718. The van der Waals surface area contributed by atoms with Gasteiger partial charge in [0.2, 0.25) is 5.95 Å². The first-order valence-electron chi connectivity index (χ1n) is 5.53. The van der Waals surface area contributed by atoms with E-state index in [0.717, 1.165) is 17.1 Å². The topological polar surface area (TPSA) is 66.5 Å². The maximum atomic E-state index is 4.51. The smallest absolute Gasteiger partial charge is 0.225 e. The average Bonchev–Trinajstić information content (AvgIpc) is 2.99. The number of thiophene rings is 1. The summed E-state index contributed by atoms with van der Waals surface area (Å²) in [6, 6.07) is 4.11. The van der Waals surface area contributed by atoms with Gasteiger partial charge in [-0.25, -0.2) is 9.97 Å². The normalized spacial score (nSPS) is 10.9. The molecule has 0 radical (unpaired) electrons. The summed E-state index contributed by atoms with van der Waals surface area (Å²) in [7, 11) is 0. The minimum absolute atomic E-state index is 0.621. The first-order chi connectivity index (χ1) is 8.86. The monoisotopic (exact) mass is 277 g/mol. The molecular formula is C11H11N5S2. The first-order valence-corrected chi connectivity index (χ1v) is 7.23. The van der Waals surface area contributed by atoms with Gasteiger partial charge in [0.15, 0.2) is 5.65 Å². The Morgan fingerprint density at radius 3 is 3.17 bits per heavy atom. The lowest BCUT2D eigenvalue weighted by Gasteiger charge is -2.04. The number of nitrogens with one attached hydrogen (secondary N) is 2. The van der Waals surface area contributed by atoms with E-state index in [4.69, 9.17) is 0 Å². The number of nitrogens with zero attached hydrogens (tertiary/aromatic N) is 3. The Morgan fingerprint density at radius 2 is 2.39 bits per heavy atom. The lowest BCUT2D eigenvalue weighted by molar-refractivity contribution is 1.04. The van der Waals surface area contributed by atoms with Crippen molar-refractivity contribution in [2.24, 2.45) is 0 Å².